The maximum atomic E-state index is 13.2. The molecule has 1 fully saturated rings. The summed E-state index contributed by atoms with van der Waals surface area (Å²) in [5, 5.41) is 6.13. The number of Topliss-reactive ketones (excluding diaryl/α,β-unsaturated/α-hetero) is 1. The van der Waals surface area contributed by atoms with Crippen molar-refractivity contribution in [1.82, 2.24) is 9.97 Å². The number of hydrogen-bond acceptors (Lipinski definition) is 4. The number of nitrogens with one attached hydrogen (secondary N) is 3. The summed E-state index contributed by atoms with van der Waals surface area (Å²) in [6.07, 6.45) is 2.03. The van der Waals surface area contributed by atoms with E-state index in [0.29, 0.717) is 17.8 Å². The van der Waals surface area contributed by atoms with E-state index in [4.69, 9.17) is 0 Å². The van der Waals surface area contributed by atoms with Gasteiger partial charge < -0.3 is 15.6 Å². The van der Waals surface area contributed by atoms with E-state index in [1.54, 1.807) is 12.3 Å². The lowest BCUT2D eigenvalue weighted by atomic mass is 9.76. The number of aromatic nitrogens is 2. The molecular formula is C25H25FN4O2. The fourth-order valence-corrected chi connectivity index (χ4v) is 4.37. The van der Waals surface area contributed by atoms with Crippen LogP contribution in [-0.4, -0.2) is 27.8 Å². The highest BCUT2D eigenvalue weighted by molar-refractivity contribution is 6.08. The molecule has 0 unspecified atom stereocenters. The molecular weight excluding hydrogens is 407 g/mol. The first-order chi connectivity index (χ1) is 15.3. The molecule has 3 aromatic rings. The Morgan fingerprint density at radius 2 is 1.94 bits per heavy atom. The molecule has 164 valence electrons. The van der Waals surface area contributed by atoms with Crippen molar-refractivity contribution in [2.24, 2.45) is 11.3 Å². The number of pyridine rings is 1. The van der Waals surface area contributed by atoms with Crippen LogP contribution in [0.5, 0.6) is 0 Å². The number of anilines is 3. The van der Waals surface area contributed by atoms with Crippen molar-refractivity contribution in [3.05, 3.63) is 59.9 Å². The Morgan fingerprint density at radius 3 is 2.66 bits per heavy atom. The van der Waals surface area contributed by atoms with E-state index in [2.05, 4.69) is 34.4 Å². The molecule has 0 radical (unpaired) electrons. The number of amides is 1. The Balaban J connectivity index is 1.55. The third kappa shape index (κ3) is 3.90. The highest BCUT2D eigenvalue weighted by atomic mass is 19.1. The molecule has 0 spiro atoms. The van der Waals surface area contributed by atoms with E-state index in [-0.39, 0.29) is 23.5 Å². The monoisotopic (exact) mass is 432 g/mol. The number of nitrogens with zero attached hydrogens (tertiary/aromatic N) is 1. The van der Waals surface area contributed by atoms with Gasteiger partial charge in [-0.1, -0.05) is 32.0 Å². The average Bonchev–Trinajstić information content (AvgIpc) is 3.37. The van der Waals surface area contributed by atoms with Gasteiger partial charge in [0.25, 0.3) is 0 Å². The van der Waals surface area contributed by atoms with Crippen LogP contribution in [0.2, 0.25) is 0 Å². The summed E-state index contributed by atoms with van der Waals surface area (Å²) >= 11 is 0. The number of rotatable bonds is 5. The fourth-order valence-electron chi connectivity index (χ4n) is 4.37. The normalized spacial score (nSPS) is 21.0. The molecule has 3 N–H and O–H groups in total. The van der Waals surface area contributed by atoms with Crippen molar-refractivity contribution >= 4 is 28.9 Å². The fraction of sp³-hybridized carbons (Fsp3) is 0.320. The lowest BCUT2D eigenvalue weighted by Crippen LogP contribution is -2.26. The van der Waals surface area contributed by atoms with Gasteiger partial charge in [-0.2, -0.15) is 0 Å². The Hall–Kier alpha value is -3.48. The van der Waals surface area contributed by atoms with Gasteiger partial charge in [-0.25, -0.2) is 9.37 Å². The number of ketones is 1. The van der Waals surface area contributed by atoms with Crippen LogP contribution in [-0.2, 0) is 11.2 Å². The van der Waals surface area contributed by atoms with Crippen LogP contribution in [0.3, 0.4) is 0 Å². The van der Waals surface area contributed by atoms with Crippen LogP contribution in [0.15, 0.2) is 48.7 Å². The molecule has 0 aliphatic heterocycles. The third-order valence-electron chi connectivity index (χ3n) is 6.04. The SMILES string of the molecule is CC1(C)CC(=O)c2c([nH]c(-c3ccnc(NC(=O)[C@@H]4C[C@@H]4F)c3)c2Nc2ccccc2)C1. The Morgan fingerprint density at radius 1 is 1.19 bits per heavy atom. The minimum atomic E-state index is -1.07. The van der Waals surface area contributed by atoms with Gasteiger partial charge in [0.2, 0.25) is 5.91 Å². The van der Waals surface area contributed by atoms with Crippen molar-refractivity contribution in [2.75, 3.05) is 10.6 Å². The van der Waals surface area contributed by atoms with Gasteiger partial charge in [0.15, 0.2) is 5.78 Å². The second-order valence-corrected chi connectivity index (χ2v) is 9.44. The summed E-state index contributed by atoms with van der Waals surface area (Å²) in [5.74, 6) is -0.486. The summed E-state index contributed by atoms with van der Waals surface area (Å²) in [6.45, 7) is 4.18. The third-order valence-corrected chi connectivity index (χ3v) is 6.04. The van der Waals surface area contributed by atoms with Gasteiger partial charge in [0.05, 0.1) is 22.9 Å². The van der Waals surface area contributed by atoms with Crippen molar-refractivity contribution in [2.45, 2.75) is 39.3 Å². The molecule has 1 amide bonds. The number of alkyl halides is 1. The number of halogens is 1. The number of para-hydroxylation sites is 1. The molecule has 2 heterocycles. The van der Waals surface area contributed by atoms with Crippen molar-refractivity contribution in [1.29, 1.82) is 0 Å². The minimum absolute atomic E-state index is 0.0995. The largest absolute Gasteiger partial charge is 0.356 e. The molecule has 7 heteroatoms. The number of fused-ring (bicyclic) bond motifs is 1. The number of hydrogen-bond donors (Lipinski definition) is 3. The average molecular weight is 432 g/mol. The van der Waals surface area contributed by atoms with Gasteiger partial charge in [-0.15, -0.1) is 0 Å². The predicted molar refractivity (Wildman–Crippen MR) is 122 cm³/mol. The van der Waals surface area contributed by atoms with E-state index >= 15 is 0 Å². The second-order valence-electron chi connectivity index (χ2n) is 9.44. The Bertz CT molecular complexity index is 1200. The van der Waals surface area contributed by atoms with Gasteiger partial charge in [-0.05, 0) is 42.5 Å². The van der Waals surface area contributed by atoms with Crippen LogP contribution in [0.25, 0.3) is 11.3 Å². The molecule has 2 aliphatic rings. The maximum Gasteiger partial charge on any atom is 0.231 e. The number of H-pyrrole nitrogens is 1. The molecule has 0 saturated heterocycles. The topological polar surface area (TPSA) is 86.9 Å². The van der Waals surface area contributed by atoms with Gasteiger partial charge in [-0.3, -0.25) is 9.59 Å². The lowest BCUT2D eigenvalue weighted by molar-refractivity contribution is -0.117. The van der Waals surface area contributed by atoms with E-state index < -0.39 is 12.1 Å². The second kappa shape index (κ2) is 7.58. The van der Waals surface area contributed by atoms with Crippen molar-refractivity contribution < 1.29 is 14.0 Å². The van der Waals surface area contributed by atoms with Crippen LogP contribution >= 0.6 is 0 Å². The quantitative estimate of drug-likeness (QED) is 0.512. The zero-order chi connectivity index (χ0) is 22.5. The number of benzene rings is 1. The van der Waals surface area contributed by atoms with Gasteiger partial charge >= 0.3 is 0 Å². The molecule has 2 aliphatic carbocycles. The molecule has 6 nitrogen and oxygen atoms in total. The highest BCUT2D eigenvalue weighted by Crippen LogP contribution is 2.43. The van der Waals surface area contributed by atoms with Crippen molar-refractivity contribution in [3.8, 4) is 11.3 Å². The predicted octanol–water partition coefficient (Wildman–Crippen LogP) is 5.27. The first kappa shape index (κ1) is 20.4. The highest BCUT2D eigenvalue weighted by Gasteiger charge is 2.43. The number of carbonyl (C=O) groups excluding carboxylic acids is 2. The minimum Gasteiger partial charge on any atom is -0.356 e. The van der Waals surface area contributed by atoms with E-state index in [0.717, 1.165) is 34.7 Å². The van der Waals surface area contributed by atoms with Crippen LogP contribution in [0.4, 0.5) is 21.6 Å². The molecule has 2 atom stereocenters. The maximum absolute atomic E-state index is 13.2. The number of aromatic amines is 1. The molecule has 1 aromatic carbocycles. The zero-order valence-corrected chi connectivity index (χ0v) is 18.0. The van der Waals surface area contributed by atoms with Crippen LogP contribution in [0.1, 0.15) is 42.7 Å². The summed E-state index contributed by atoms with van der Waals surface area (Å²) in [4.78, 5) is 33.0. The van der Waals surface area contributed by atoms with E-state index in [1.807, 2.05) is 36.4 Å². The molecule has 1 saturated carbocycles. The zero-order valence-electron chi connectivity index (χ0n) is 18.0. The summed E-state index contributed by atoms with van der Waals surface area (Å²) < 4.78 is 13.2. The Labute approximate surface area is 185 Å². The van der Waals surface area contributed by atoms with E-state index in [1.165, 1.54) is 0 Å². The van der Waals surface area contributed by atoms with Crippen molar-refractivity contribution in [3.63, 3.8) is 0 Å². The molecule has 5 rings (SSSR count). The summed E-state index contributed by atoms with van der Waals surface area (Å²) in [5.41, 5.74) is 4.60. The molecule has 2 aromatic heterocycles. The molecule has 32 heavy (non-hydrogen) atoms. The van der Waals surface area contributed by atoms with E-state index in [9.17, 15) is 14.0 Å². The first-order valence-electron chi connectivity index (χ1n) is 10.8. The summed E-state index contributed by atoms with van der Waals surface area (Å²) in [7, 11) is 0. The first-order valence-corrected chi connectivity index (χ1v) is 10.8. The van der Waals surface area contributed by atoms with Crippen LogP contribution in [0, 0.1) is 11.3 Å². The number of carbonyl (C=O) groups is 2. The van der Waals surface area contributed by atoms with Gasteiger partial charge in [0.1, 0.15) is 12.0 Å². The standard InChI is InChI=1S/C25H25FN4O2/c1-25(2)12-18-21(19(31)13-25)23(28-15-6-4-3-5-7-15)22(29-18)14-8-9-27-20(10-14)30-24(32)16-11-17(16)26/h3-10,16-17,28-29H,11-13H2,1-2H3,(H,27,30,32)/t16-,17+/m1/s1. The summed E-state index contributed by atoms with van der Waals surface area (Å²) in [6, 6.07) is 13.3. The smallest absolute Gasteiger partial charge is 0.231 e. The van der Waals surface area contributed by atoms with Gasteiger partial charge in [0, 0.05) is 29.6 Å². The van der Waals surface area contributed by atoms with Crippen LogP contribution < -0.4 is 10.6 Å². The lowest BCUT2D eigenvalue weighted by Gasteiger charge is -2.28. The Kier molecular flexibility index (Phi) is 4.84. The molecule has 0 bridgehead atoms.